The van der Waals surface area contributed by atoms with Gasteiger partial charge in [0.25, 0.3) is 0 Å². The van der Waals surface area contributed by atoms with Gasteiger partial charge in [0.15, 0.2) is 0 Å². The predicted molar refractivity (Wildman–Crippen MR) is 89.1 cm³/mol. The Morgan fingerprint density at radius 2 is 1.71 bits per heavy atom. The van der Waals surface area contributed by atoms with Gasteiger partial charge in [0.1, 0.15) is 0 Å². The molecule has 0 fully saturated rings. The molecule has 2 N–H and O–H groups in total. The van der Waals surface area contributed by atoms with E-state index in [-0.39, 0.29) is 5.91 Å². The highest BCUT2D eigenvalue weighted by atomic mass is 35.5. The van der Waals surface area contributed by atoms with Crippen molar-refractivity contribution in [3.05, 3.63) is 58.6 Å². The van der Waals surface area contributed by atoms with E-state index in [1.807, 2.05) is 50.2 Å². The summed E-state index contributed by atoms with van der Waals surface area (Å²) < 4.78 is 0. The first-order valence-electron chi connectivity index (χ1n) is 6.91. The van der Waals surface area contributed by atoms with Crippen molar-refractivity contribution in [2.75, 3.05) is 17.2 Å². The second-order valence-corrected chi connectivity index (χ2v) is 5.46. The van der Waals surface area contributed by atoms with Gasteiger partial charge in [-0.05, 0) is 43.7 Å². The first kappa shape index (κ1) is 15.4. The zero-order chi connectivity index (χ0) is 15.2. The fourth-order valence-corrected chi connectivity index (χ4v) is 2.07. The maximum Gasteiger partial charge on any atom is 0.226 e. The van der Waals surface area contributed by atoms with Gasteiger partial charge in [-0.1, -0.05) is 35.4 Å². The topological polar surface area (TPSA) is 41.1 Å². The summed E-state index contributed by atoms with van der Waals surface area (Å²) in [6.45, 7) is 4.57. The van der Waals surface area contributed by atoms with E-state index in [0.717, 1.165) is 16.9 Å². The number of amides is 1. The molecule has 0 saturated carbocycles. The zero-order valence-corrected chi connectivity index (χ0v) is 13.0. The van der Waals surface area contributed by atoms with Gasteiger partial charge in [-0.2, -0.15) is 0 Å². The highest BCUT2D eigenvalue weighted by molar-refractivity contribution is 6.31. The lowest BCUT2D eigenvalue weighted by Gasteiger charge is -2.08. The Morgan fingerprint density at radius 1 is 1.05 bits per heavy atom. The molecule has 2 aromatic rings. The Hall–Kier alpha value is -2.00. The molecule has 0 aromatic heterocycles. The molecule has 1 amide bonds. The Balaban J connectivity index is 1.79. The quantitative estimate of drug-likeness (QED) is 0.859. The number of nitrogens with one attached hydrogen (secondary N) is 2. The summed E-state index contributed by atoms with van der Waals surface area (Å²) >= 11 is 6.03. The molecule has 0 heterocycles. The second-order valence-electron chi connectivity index (χ2n) is 5.05. The smallest absolute Gasteiger partial charge is 0.226 e. The molecule has 0 aliphatic rings. The highest BCUT2D eigenvalue weighted by Crippen LogP contribution is 2.20. The summed E-state index contributed by atoms with van der Waals surface area (Å²) in [5, 5.41) is 6.72. The molecule has 0 aliphatic heterocycles. The van der Waals surface area contributed by atoms with Gasteiger partial charge in [-0.3, -0.25) is 4.79 Å². The van der Waals surface area contributed by atoms with Gasteiger partial charge < -0.3 is 10.6 Å². The van der Waals surface area contributed by atoms with Crippen LogP contribution in [0.25, 0.3) is 0 Å². The van der Waals surface area contributed by atoms with Crippen LogP contribution in [0.5, 0.6) is 0 Å². The largest absolute Gasteiger partial charge is 0.385 e. The van der Waals surface area contributed by atoms with Crippen LogP contribution in [0.2, 0.25) is 5.02 Å². The third-order valence-electron chi connectivity index (χ3n) is 3.19. The summed E-state index contributed by atoms with van der Waals surface area (Å²) in [5.41, 5.74) is 3.96. The lowest BCUT2D eigenvalue weighted by Crippen LogP contribution is -2.16. The Bertz CT molecular complexity index is 623. The van der Waals surface area contributed by atoms with Gasteiger partial charge in [-0.25, -0.2) is 0 Å². The molecule has 2 rings (SSSR count). The van der Waals surface area contributed by atoms with Crippen molar-refractivity contribution in [1.82, 2.24) is 0 Å². The van der Waals surface area contributed by atoms with E-state index in [2.05, 4.69) is 10.6 Å². The third-order valence-corrected chi connectivity index (χ3v) is 3.60. The number of halogens is 1. The Labute approximate surface area is 130 Å². The van der Waals surface area contributed by atoms with Gasteiger partial charge in [0, 0.05) is 29.4 Å². The molecule has 110 valence electrons. The van der Waals surface area contributed by atoms with Crippen LogP contribution in [0.1, 0.15) is 17.5 Å². The predicted octanol–water partition coefficient (Wildman–Crippen LogP) is 4.40. The number of hydrogen-bond acceptors (Lipinski definition) is 2. The second kappa shape index (κ2) is 7.14. The van der Waals surface area contributed by atoms with Crippen LogP contribution < -0.4 is 10.6 Å². The first-order valence-corrected chi connectivity index (χ1v) is 7.29. The minimum Gasteiger partial charge on any atom is -0.385 e. The van der Waals surface area contributed by atoms with E-state index < -0.39 is 0 Å². The Morgan fingerprint density at radius 3 is 2.38 bits per heavy atom. The van der Waals surface area contributed by atoms with E-state index in [0.29, 0.717) is 18.0 Å². The summed E-state index contributed by atoms with van der Waals surface area (Å²) in [4.78, 5) is 11.9. The molecule has 0 radical (unpaired) electrons. The SMILES string of the molecule is Cc1ccc(NCCC(=O)Nc2ccc(C)c(Cl)c2)cc1. The van der Waals surface area contributed by atoms with E-state index in [1.54, 1.807) is 6.07 Å². The van der Waals surface area contributed by atoms with Crippen molar-refractivity contribution in [2.45, 2.75) is 20.3 Å². The normalized spacial score (nSPS) is 10.2. The summed E-state index contributed by atoms with van der Waals surface area (Å²) in [6.07, 6.45) is 0.402. The molecule has 0 unspecified atom stereocenters. The lowest BCUT2D eigenvalue weighted by atomic mass is 10.2. The maximum absolute atomic E-state index is 11.9. The maximum atomic E-state index is 11.9. The molecule has 0 bridgehead atoms. The number of aryl methyl sites for hydroxylation is 2. The lowest BCUT2D eigenvalue weighted by molar-refractivity contribution is -0.115. The van der Waals surface area contributed by atoms with Gasteiger partial charge >= 0.3 is 0 Å². The van der Waals surface area contributed by atoms with Gasteiger partial charge in [-0.15, -0.1) is 0 Å². The molecule has 3 nitrogen and oxygen atoms in total. The van der Waals surface area contributed by atoms with Crippen molar-refractivity contribution >= 4 is 28.9 Å². The standard InChI is InChI=1S/C17H19ClN2O/c1-12-3-6-14(7-4-12)19-10-9-17(21)20-15-8-5-13(2)16(18)11-15/h3-8,11,19H,9-10H2,1-2H3,(H,20,21). The van der Waals surface area contributed by atoms with Crippen molar-refractivity contribution < 1.29 is 4.79 Å². The van der Waals surface area contributed by atoms with Crippen LogP contribution in [-0.4, -0.2) is 12.5 Å². The van der Waals surface area contributed by atoms with Crippen LogP contribution in [-0.2, 0) is 4.79 Å². The molecule has 0 saturated heterocycles. The van der Waals surface area contributed by atoms with Crippen LogP contribution >= 0.6 is 11.6 Å². The van der Waals surface area contributed by atoms with Crippen molar-refractivity contribution in [3.63, 3.8) is 0 Å². The van der Waals surface area contributed by atoms with E-state index >= 15 is 0 Å². The fraction of sp³-hybridized carbons (Fsp3) is 0.235. The van der Waals surface area contributed by atoms with Gasteiger partial charge in [0.05, 0.1) is 0 Å². The van der Waals surface area contributed by atoms with Crippen LogP contribution in [0, 0.1) is 13.8 Å². The molecule has 0 atom stereocenters. The van der Waals surface area contributed by atoms with Crippen molar-refractivity contribution in [1.29, 1.82) is 0 Å². The van der Waals surface area contributed by atoms with Crippen molar-refractivity contribution in [3.8, 4) is 0 Å². The molecule has 2 aromatic carbocycles. The fourth-order valence-electron chi connectivity index (χ4n) is 1.89. The van der Waals surface area contributed by atoms with Crippen LogP contribution in [0.15, 0.2) is 42.5 Å². The number of anilines is 2. The molecular weight excluding hydrogens is 284 g/mol. The van der Waals surface area contributed by atoms with E-state index in [1.165, 1.54) is 5.56 Å². The molecule has 21 heavy (non-hydrogen) atoms. The van der Waals surface area contributed by atoms with Crippen LogP contribution in [0.4, 0.5) is 11.4 Å². The summed E-state index contributed by atoms with van der Waals surface area (Å²) in [7, 11) is 0. The average molecular weight is 303 g/mol. The van der Waals surface area contributed by atoms with Crippen molar-refractivity contribution in [2.24, 2.45) is 0 Å². The average Bonchev–Trinajstić information content (AvgIpc) is 2.45. The summed E-state index contributed by atoms with van der Waals surface area (Å²) in [6, 6.07) is 13.6. The monoisotopic (exact) mass is 302 g/mol. The highest BCUT2D eigenvalue weighted by Gasteiger charge is 2.04. The Kier molecular flexibility index (Phi) is 5.23. The third kappa shape index (κ3) is 4.80. The number of hydrogen-bond donors (Lipinski definition) is 2. The number of carbonyl (C=O) groups is 1. The minimum atomic E-state index is -0.0328. The van der Waals surface area contributed by atoms with E-state index in [9.17, 15) is 4.79 Å². The zero-order valence-electron chi connectivity index (χ0n) is 12.2. The minimum absolute atomic E-state index is 0.0328. The van der Waals surface area contributed by atoms with E-state index in [4.69, 9.17) is 11.6 Å². The molecule has 0 aliphatic carbocycles. The first-order chi connectivity index (χ1) is 10.0. The summed E-state index contributed by atoms with van der Waals surface area (Å²) in [5.74, 6) is -0.0328. The molecule has 0 spiro atoms. The molecular formula is C17H19ClN2O. The number of rotatable bonds is 5. The van der Waals surface area contributed by atoms with Gasteiger partial charge in [0.2, 0.25) is 5.91 Å². The van der Waals surface area contributed by atoms with Crippen LogP contribution in [0.3, 0.4) is 0 Å². The molecule has 4 heteroatoms. The number of benzene rings is 2. The number of carbonyl (C=O) groups excluding carboxylic acids is 1.